The highest BCUT2D eigenvalue weighted by Gasteiger charge is 2.03. The molecule has 1 aromatic rings. The lowest BCUT2D eigenvalue weighted by atomic mass is 10.4. The summed E-state index contributed by atoms with van der Waals surface area (Å²) in [6.45, 7) is 3.93. The topological polar surface area (TPSA) is 29.9 Å². The maximum Gasteiger partial charge on any atom is 0.177 e. The Morgan fingerprint density at radius 1 is 1.73 bits per heavy atom. The Morgan fingerprint density at radius 3 is 3.00 bits per heavy atom. The highest BCUT2D eigenvalue weighted by atomic mass is 79.9. The second-order valence-electron chi connectivity index (χ2n) is 2.29. The van der Waals surface area contributed by atoms with Crippen LogP contribution in [0.4, 0.5) is 0 Å². The molecule has 0 aliphatic rings. The van der Waals surface area contributed by atoms with Crippen molar-refractivity contribution < 1.29 is 0 Å². The van der Waals surface area contributed by atoms with E-state index in [0.717, 1.165) is 17.8 Å². The van der Waals surface area contributed by atoms with Gasteiger partial charge in [0.05, 0.1) is 11.9 Å². The number of hydrogen-bond acceptors (Lipinski definition) is 2. The van der Waals surface area contributed by atoms with Gasteiger partial charge in [0.15, 0.2) is 4.73 Å². The van der Waals surface area contributed by atoms with Crippen LogP contribution in [0, 0.1) is 0 Å². The third kappa shape index (κ3) is 1.81. The van der Waals surface area contributed by atoms with Crippen LogP contribution in [0.15, 0.2) is 10.9 Å². The molecule has 1 N–H and O–H groups in total. The first-order valence-electron chi connectivity index (χ1n) is 3.64. The van der Waals surface area contributed by atoms with Crippen LogP contribution in [-0.4, -0.2) is 16.6 Å². The van der Waals surface area contributed by atoms with Crippen LogP contribution in [0.25, 0.3) is 0 Å². The van der Waals surface area contributed by atoms with E-state index in [1.54, 1.807) is 0 Å². The predicted octanol–water partition coefficient (Wildman–Crippen LogP) is 1.38. The molecular formula is C7H12BrN3. The molecule has 62 valence electrons. The number of nitrogens with zero attached hydrogens (tertiary/aromatic N) is 2. The summed E-state index contributed by atoms with van der Waals surface area (Å²) in [7, 11) is 1.93. The molecular weight excluding hydrogens is 206 g/mol. The van der Waals surface area contributed by atoms with Crippen LogP contribution in [0.1, 0.15) is 12.6 Å². The summed E-state index contributed by atoms with van der Waals surface area (Å²) in [5, 5.41) is 3.09. The highest BCUT2D eigenvalue weighted by Crippen LogP contribution is 2.10. The zero-order chi connectivity index (χ0) is 8.27. The average molecular weight is 218 g/mol. The molecule has 1 rings (SSSR count). The van der Waals surface area contributed by atoms with Crippen LogP contribution in [-0.2, 0) is 13.1 Å². The van der Waals surface area contributed by atoms with E-state index >= 15 is 0 Å². The minimum atomic E-state index is 0.867. The minimum absolute atomic E-state index is 0.867. The molecule has 0 saturated heterocycles. The Balaban J connectivity index is 2.86. The van der Waals surface area contributed by atoms with Crippen molar-refractivity contribution in [2.75, 3.05) is 7.05 Å². The van der Waals surface area contributed by atoms with Gasteiger partial charge in [0.2, 0.25) is 0 Å². The monoisotopic (exact) mass is 217 g/mol. The Hall–Kier alpha value is -0.350. The zero-order valence-corrected chi connectivity index (χ0v) is 8.35. The molecule has 0 aliphatic carbocycles. The van der Waals surface area contributed by atoms with Crippen LogP contribution in [0.3, 0.4) is 0 Å². The lowest BCUT2D eigenvalue weighted by molar-refractivity contribution is 0.662. The second-order valence-corrected chi connectivity index (χ2v) is 3.00. The van der Waals surface area contributed by atoms with Crippen molar-refractivity contribution in [3.63, 3.8) is 0 Å². The summed E-state index contributed by atoms with van der Waals surface area (Å²) in [5.74, 6) is 0. The van der Waals surface area contributed by atoms with Crippen molar-refractivity contribution in [1.82, 2.24) is 14.9 Å². The molecule has 0 bridgehead atoms. The SMILES string of the molecule is CCn1c(CNC)cnc1Br. The Kier molecular flexibility index (Phi) is 3.08. The summed E-state index contributed by atoms with van der Waals surface area (Å²) >= 11 is 3.37. The molecule has 1 aromatic heterocycles. The zero-order valence-electron chi connectivity index (χ0n) is 6.76. The van der Waals surface area contributed by atoms with Crippen molar-refractivity contribution in [2.24, 2.45) is 0 Å². The minimum Gasteiger partial charge on any atom is -0.322 e. The van der Waals surface area contributed by atoms with Crippen LogP contribution < -0.4 is 5.32 Å². The molecule has 0 atom stereocenters. The lowest BCUT2D eigenvalue weighted by Gasteiger charge is -2.04. The van der Waals surface area contributed by atoms with Gasteiger partial charge in [-0.2, -0.15) is 0 Å². The Labute approximate surface area is 74.9 Å². The maximum absolute atomic E-state index is 4.15. The molecule has 0 fully saturated rings. The highest BCUT2D eigenvalue weighted by molar-refractivity contribution is 9.10. The number of halogens is 1. The first-order chi connectivity index (χ1) is 5.29. The molecule has 0 amide bonds. The molecule has 3 nitrogen and oxygen atoms in total. The fourth-order valence-corrected chi connectivity index (χ4v) is 1.62. The molecule has 0 saturated carbocycles. The van der Waals surface area contributed by atoms with E-state index in [9.17, 15) is 0 Å². The average Bonchev–Trinajstić information content (AvgIpc) is 2.33. The maximum atomic E-state index is 4.15. The van der Waals surface area contributed by atoms with Crippen molar-refractivity contribution in [2.45, 2.75) is 20.0 Å². The van der Waals surface area contributed by atoms with Crippen molar-refractivity contribution >= 4 is 15.9 Å². The van der Waals surface area contributed by atoms with Gasteiger partial charge in [0, 0.05) is 13.1 Å². The summed E-state index contributed by atoms with van der Waals surface area (Å²) < 4.78 is 3.03. The summed E-state index contributed by atoms with van der Waals surface area (Å²) in [6.07, 6.45) is 1.88. The van der Waals surface area contributed by atoms with Gasteiger partial charge >= 0.3 is 0 Å². The molecule has 0 aliphatic heterocycles. The standard InChI is InChI=1S/C7H12BrN3/c1-3-11-6(4-9-2)5-10-7(11)8/h5,9H,3-4H2,1-2H3. The smallest absolute Gasteiger partial charge is 0.177 e. The fraction of sp³-hybridized carbons (Fsp3) is 0.571. The van der Waals surface area contributed by atoms with E-state index in [1.807, 2.05) is 13.2 Å². The van der Waals surface area contributed by atoms with E-state index in [4.69, 9.17) is 0 Å². The second kappa shape index (κ2) is 3.88. The number of aromatic nitrogens is 2. The van der Waals surface area contributed by atoms with E-state index < -0.39 is 0 Å². The Morgan fingerprint density at radius 2 is 2.45 bits per heavy atom. The summed E-state index contributed by atoms with van der Waals surface area (Å²) in [5.41, 5.74) is 1.21. The van der Waals surface area contributed by atoms with E-state index in [2.05, 4.69) is 37.7 Å². The quantitative estimate of drug-likeness (QED) is 0.830. The third-order valence-electron chi connectivity index (χ3n) is 1.56. The Bertz CT molecular complexity index is 232. The molecule has 4 heteroatoms. The number of hydrogen-bond donors (Lipinski definition) is 1. The van der Waals surface area contributed by atoms with Crippen LogP contribution in [0.5, 0.6) is 0 Å². The van der Waals surface area contributed by atoms with Gasteiger partial charge in [0.1, 0.15) is 0 Å². The number of nitrogens with one attached hydrogen (secondary N) is 1. The van der Waals surface area contributed by atoms with Gasteiger partial charge in [-0.1, -0.05) is 0 Å². The molecule has 0 unspecified atom stereocenters. The number of rotatable bonds is 3. The van der Waals surface area contributed by atoms with Crippen molar-refractivity contribution in [3.05, 3.63) is 16.6 Å². The molecule has 11 heavy (non-hydrogen) atoms. The number of imidazole rings is 1. The summed E-state index contributed by atoms with van der Waals surface area (Å²) in [6, 6.07) is 0. The van der Waals surface area contributed by atoms with Crippen LogP contribution in [0.2, 0.25) is 0 Å². The van der Waals surface area contributed by atoms with Gasteiger partial charge in [-0.05, 0) is 29.9 Å². The van der Waals surface area contributed by atoms with E-state index in [0.29, 0.717) is 0 Å². The van der Waals surface area contributed by atoms with Gasteiger partial charge in [-0.25, -0.2) is 4.98 Å². The molecule has 0 radical (unpaired) electrons. The largest absolute Gasteiger partial charge is 0.322 e. The van der Waals surface area contributed by atoms with Gasteiger partial charge < -0.3 is 9.88 Å². The molecule has 0 aromatic carbocycles. The fourth-order valence-electron chi connectivity index (χ4n) is 1.04. The normalized spacial score (nSPS) is 10.5. The van der Waals surface area contributed by atoms with Crippen LogP contribution >= 0.6 is 15.9 Å². The van der Waals surface area contributed by atoms with Crippen molar-refractivity contribution in [1.29, 1.82) is 0 Å². The third-order valence-corrected chi connectivity index (χ3v) is 2.20. The predicted molar refractivity (Wildman–Crippen MR) is 48.4 cm³/mol. The van der Waals surface area contributed by atoms with Gasteiger partial charge in [0.25, 0.3) is 0 Å². The van der Waals surface area contributed by atoms with E-state index in [1.165, 1.54) is 5.69 Å². The lowest BCUT2D eigenvalue weighted by Crippen LogP contribution is -2.10. The van der Waals surface area contributed by atoms with Gasteiger partial charge in [-0.15, -0.1) is 0 Å². The first kappa shape index (κ1) is 8.74. The molecule has 0 spiro atoms. The summed E-state index contributed by atoms with van der Waals surface area (Å²) in [4.78, 5) is 4.15. The van der Waals surface area contributed by atoms with E-state index in [-0.39, 0.29) is 0 Å². The van der Waals surface area contributed by atoms with Crippen molar-refractivity contribution in [3.8, 4) is 0 Å². The molecule has 1 heterocycles. The van der Waals surface area contributed by atoms with Gasteiger partial charge in [-0.3, -0.25) is 0 Å². The first-order valence-corrected chi connectivity index (χ1v) is 4.43.